The summed E-state index contributed by atoms with van der Waals surface area (Å²) in [4.78, 5) is 6.57. The lowest BCUT2D eigenvalue weighted by atomic mass is 10.0. The molecule has 0 aromatic rings. The predicted octanol–water partition coefficient (Wildman–Crippen LogP) is 0.947. The van der Waals surface area contributed by atoms with Gasteiger partial charge in [-0.25, -0.2) is 8.42 Å². The van der Waals surface area contributed by atoms with Crippen molar-refractivity contribution in [2.45, 2.75) is 37.5 Å². The van der Waals surface area contributed by atoms with Crippen molar-refractivity contribution in [3.63, 3.8) is 0 Å². The number of halogens is 1. The Hall–Kier alpha value is 0.260. The quantitative estimate of drug-likeness (QED) is 0.358. The number of aliphatic imine (C=N–C) groups is 1. The number of nitrogens with zero attached hydrogens (tertiary/aromatic N) is 2. The van der Waals surface area contributed by atoms with Crippen molar-refractivity contribution in [2.24, 2.45) is 4.99 Å². The zero-order valence-electron chi connectivity index (χ0n) is 14.0. The number of rotatable bonds is 3. The molecule has 0 aromatic carbocycles. The first-order valence-electron chi connectivity index (χ1n) is 7.75. The molecule has 1 atom stereocenters. The first kappa shape index (κ1) is 21.3. The number of hydrogen-bond acceptors (Lipinski definition) is 5. The van der Waals surface area contributed by atoms with Gasteiger partial charge in [0, 0.05) is 25.4 Å². The molecule has 0 aliphatic carbocycles. The lowest BCUT2D eigenvalue weighted by molar-refractivity contribution is 0.0775. The van der Waals surface area contributed by atoms with Crippen LogP contribution in [0, 0.1) is 0 Å². The van der Waals surface area contributed by atoms with Crippen LogP contribution in [0.2, 0.25) is 0 Å². The average Bonchev–Trinajstić information content (AvgIpc) is 2.85. The summed E-state index contributed by atoms with van der Waals surface area (Å²) >= 11 is 1.75. The average molecular weight is 477 g/mol. The van der Waals surface area contributed by atoms with E-state index in [1.54, 1.807) is 25.6 Å². The summed E-state index contributed by atoms with van der Waals surface area (Å²) in [6, 6.07) is 0. The number of hydrogen-bond donors (Lipinski definition) is 2. The summed E-state index contributed by atoms with van der Waals surface area (Å²) in [5.41, 5.74) is -0.720. The third kappa shape index (κ3) is 5.12. The molecule has 0 aromatic heterocycles. The first-order valence-corrected chi connectivity index (χ1v) is 10.6. The van der Waals surface area contributed by atoms with Gasteiger partial charge in [0.1, 0.15) is 0 Å². The molecule has 2 heterocycles. The monoisotopic (exact) mass is 477 g/mol. The molecular weight excluding hydrogens is 449 g/mol. The van der Waals surface area contributed by atoms with E-state index in [2.05, 4.69) is 10.3 Å². The first-order chi connectivity index (χ1) is 10.2. The number of nitrogens with one attached hydrogen (secondary N) is 1. The molecule has 2 aliphatic heterocycles. The van der Waals surface area contributed by atoms with Crippen LogP contribution < -0.4 is 5.32 Å². The van der Waals surface area contributed by atoms with Crippen molar-refractivity contribution < 1.29 is 13.5 Å². The van der Waals surface area contributed by atoms with Crippen molar-refractivity contribution in [3.8, 4) is 0 Å². The van der Waals surface area contributed by atoms with Crippen LogP contribution in [0.3, 0.4) is 0 Å². The maximum absolute atomic E-state index is 12.1. The molecule has 1 unspecified atom stereocenters. The van der Waals surface area contributed by atoms with Crippen LogP contribution in [0.1, 0.15) is 27.2 Å². The van der Waals surface area contributed by atoms with E-state index in [9.17, 15) is 13.5 Å². The van der Waals surface area contributed by atoms with Gasteiger partial charge in [-0.3, -0.25) is 4.99 Å². The molecule has 2 rings (SSSR count). The fourth-order valence-corrected chi connectivity index (χ4v) is 5.34. The fourth-order valence-electron chi connectivity index (χ4n) is 2.69. The van der Waals surface area contributed by atoms with Gasteiger partial charge >= 0.3 is 0 Å². The normalized spacial score (nSPS) is 29.9. The fraction of sp³-hybridized carbons (Fsp3) is 0.929. The highest BCUT2D eigenvalue weighted by atomic mass is 127. The molecule has 6 nitrogen and oxygen atoms in total. The van der Waals surface area contributed by atoms with Crippen molar-refractivity contribution in [2.75, 3.05) is 43.4 Å². The van der Waals surface area contributed by atoms with Crippen LogP contribution in [-0.2, 0) is 9.84 Å². The summed E-state index contributed by atoms with van der Waals surface area (Å²) in [5.74, 6) is 2.54. The molecule has 23 heavy (non-hydrogen) atoms. The molecule has 0 amide bonds. The summed E-state index contributed by atoms with van der Waals surface area (Å²) in [6.45, 7) is 7.47. The van der Waals surface area contributed by atoms with Crippen molar-refractivity contribution in [1.29, 1.82) is 0 Å². The third-order valence-electron chi connectivity index (χ3n) is 4.28. The summed E-state index contributed by atoms with van der Waals surface area (Å²) in [7, 11) is -3.06. The zero-order valence-corrected chi connectivity index (χ0v) is 18.0. The predicted molar refractivity (Wildman–Crippen MR) is 108 cm³/mol. The Balaban J connectivity index is 0.00000264. The molecule has 136 valence electrons. The van der Waals surface area contributed by atoms with E-state index >= 15 is 0 Å². The highest BCUT2D eigenvalue weighted by Crippen LogP contribution is 2.28. The lowest BCUT2D eigenvalue weighted by Crippen LogP contribution is -2.57. The zero-order chi connectivity index (χ0) is 16.4. The van der Waals surface area contributed by atoms with Crippen LogP contribution in [-0.4, -0.2) is 78.2 Å². The Morgan fingerprint density at radius 2 is 2.13 bits per heavy atom. The van der Waals surface area contributed by atoms with E-state index in [4.69, 9.17) is 0 Å². The molecule has 2 saturated heterocycles. The molecular formula is C14H28IN3O3S2. The molecule has 0 bridgehead atoms. The second kappa shape index (κ2) is 8.09. The Morgan fingerprint density at radius 1 is 1.43 bits per heavy atom. The number of sulfone groups is 1. The van der Waals surface area contributed by atoms with E-state index in [1.807, 2.05) is 11.8 Å². The van der Waals surface area contributed by atoms with Crippen LogP contribution in [0.4, 0.5) is 0 Å². The summed E-state index contributed by atoms with van der Waals surface area (Å²) in [6.07, 6.45) is 0.764. The molecule has 0 saturated carbocycles. The van der Waals surface area contributed by atoms with Gasteiger partial charge < -0.3 is 15.3 Å². The topological polar surface area (TPSA) is 82.0 Å². The second-order valence-electron chi connectivity index (χ2n) is 6.70. The van der Waals surface area contributed by atoms with Crippen LogP contribution in [0.15, 0.2) is 4.99 Å². The standard InChI is InChI=1S/C14H27N3O3S2.HI/c1-4-15-12(16-9-14(18)5-7-21-11-14)17-6-8-22(19,20)13(2,3)10-17;/h18H,4-11H2,1-3H3,(H,15,16);1H. The molecule has 0 radical (unpaired) electrons. The Labute approximate surface area is 160 Å². The van der Waals surface area contributed by atoms with Gasteiger partial charge in [-0.2, -0.15) is 11.8 Å². The minimum absolute atomic E-state index is 0. The van der Waals surface area contributed by atoms with E-state index in [0.717, 1.165) is 24.5 Å². The van der Waals surface area contributed by atoms with Gasteiger partial charge in [-0.05, 0) is 32.9 Å². The Kier molecular flexibility index (Phi) is 7.50. The minimum Gasteiger partial charge on any atom is -0.387 e. The van der Waals surface area contributed by atoms with Crippen LogP contribution in [0.25, 0.3) is 0 Å². The maximum atomic E-state index is 12.1. The Bertz CT molecular complexity index is 531. The van der Waals surface area contributed by atoms with Gasteiger partial charge in [0.2, 0.25) is 0 Å². The van der Waals surface area contributed by atoms with E-state index in [1.165, 1.54) is 0 Å². The molecule has 2 N–H and O–H groups in total. The largest absolute Gasteiger partial charge is 0.387 e. The lowest BCUT2D eigenvalue weighted by Gasteiger charge is -2.39. The SMILES string of the molecule is CCNC(=NCC1(O)CCSC1)N1CCS(=O)(=O)C(C)(C)C1.I. The van der Waals surface area contributed by atoms with Gasteiger partial charge in [0.05, 0.1) is 22.6 Å². The Morgan fingerprint density at radius 3 is 2.65 bits per heavy atom. The third-order valence-corrected chi connectivity index (χ3v) is 8.05. The number of aliphatic hydroxyl groups is 1. The van der Waals surface area contributed by atoms with Crippen molar-refractivity contribution >= 4 is 51.5 Å². The number of guanidine groups is 1. The highest BCUT2D eigenvalue weighted by Gasteiger charge is 2.41. The van der Waals surface area contributed by atoms with Gasteiger partial charge in [0.25, 0.3) is 0 Å². The van der Waals surface area contributed by atoms with Gasteiger partial charge in [-0.15, -0.1) is 24.0 Å². The number of thioether (sulfide) groups is 1. The molecule has 9 heteroatoms. The van der Waals surface area contributed by atoms with E-state index in [0.29, 0.717) is 25.6 Å². The van der Waals surface area contributed by atoms with E-state index in [-0.39, 0.29) is 29.7 Å². The van der Waals surface area contributed by atoms with Gasteiger partial charge in [0.15, 0.2) is 15.8 Å². The van der Waals surface area contributed by atoms with Crippen molar-refractivity contribution in [3.05, 3.63) is 0 Å². The maximum Gasteiger partial charge on any atom is 0.194 e. The van der Waals surface area contributed by atoms with Gasteiger partial charge in [-0.1, -0.05) is 0 Å². The second-order valence-corrected chi connectivity index (χ2v) is 10.5. The molecule has 2 fully saturated rings. The highest BCUT2D eigenvalue weighted by molar-refractivity contribution is 14.0. The minimum atomic E-state index is -3.06. The van der Waals surface area contributed by atoms with Crippen molar-refractivity contribution in [1.82, 2.24) is 10.2 Å². The van der Waals surface area contributed by atoms with Crippen LogP contribution >= 0.6 is 35.7 Å². The molecule has 0 spiro atoms. The van der Waals surface area contributed by atoms with Crippen LogP contribution in [0.5, 0.6) is 0 Å². The molecule has 2 aliphatic rings. The summed E-state index contributed by atoms with van der Waals surface area (Å²) in [5, 5.41) is 13.6. The van der Waals surface area contributed by atoms with E-state index < -0.39 is 20.2 Å². The smallest absolute Gasteiger partial charge is 0.194 e. The summed E-state index contributed by atoms with van der Waals surface area (Å²) < 4.78 is 23.5.